The molecule has 0 bridgehead atoms. The van der Waals surface area contributed by atoms with Gasteiger partial charge in [0.25, 0.3) is 0 Å². The first-order valence-electron chi connectivity index (χ1n) is 9.77. The molecule has 5 nitrogen and oxygen atoms in total. The summed E-state index contributed by atoms with van der Waals surface area (Å²) in [5, 5.41) is 6.79. The molecule has 1 saturated carbocycles. The number of benzene rings is 1. The maximum atomic E-state index is 13.9. The van der Waals surface area contributed by atoms with E-state index in [0.29, 0.717) is 6.04 Å². The van der Waals surface area contributed by atoms with E-state index >= 15 is 0 Å². The van der Waals surface area contributed by atoms with Gasteiger partial charge in [0.05, 0.1) is 0 Å². The van der Waals surface area contributed by atoms with Gasteiger partial charge in [0, 0.05) is 64.0 Å². The minimum absolute atomic E-state index is 0. The third kappa shape index (κ3) is 6.25. The Morgan fingerprint density at radius 3 is 2.50 bits per heavy atom. The molecule has 0 aromatic heterocycles. The highest BCUT2D eigenvalue weighted by atomic mass is 127. The Hall–Kier alpha value is -1.000. The van der Waals surface area contributed by atoms with Crippen LogP contribution in [0, 0.1) is 11.6 Å². The normalized spacial score (nSPS) is 23.2. The molecule has 1 aliphatic heterocycles. The predicted molar refractivity (Wildman–Crippen MR) is 119 cm³/mol. The summed E-state index contributed by atoms with van der Waals surface area (Å²) in [6.07, 6.45) is 3.90. The molecule has 1 heterocycles. The molecular weight excluding hydrogens is 477 g/mol. The molecule has 2 aliphatic rings. The van der Waals surface area contributed by atoms with Crippen LogP contribution in [0.3, 0.4) is 0 Å². The van der Waals surface area contributed by atoms with Crippen molar-refractivity contribution in [1.29, 1.82) is 0 Å². The minimum atomic E-state index is -0.465. The van der Waals surface area contributed by atoms with Crippen LogP contribution in [-0.2, 0) is 4.74 Å². The number of ether oxygens (including phenoxy) is 1. The van der Waals surface area contributed by atoms with Gasteiger partial charge in [-0.25, -0.2) is 8.78 Å². The van der Waals surface area contributed by atoms with Gasteiger partial charge in [0.1, 0.15) is 11.6 Å². The molecule has 0 spiro atoms. The van der Waals surface area contributed by atoms with Crippen molar-refractivity contribution < 1.29 is 13.5 Å². The molecule has 1 saturated heterocycles. The number of piperidine rings is 1. The fourth-order valence-corrected chi connectivity index (χ4v) is 3.81. The van der Waals surface area contributed by atoms with E-state index in [1.54, 1.807) is 14.2 Å². The van der Waals surface area contributed by atoms with Gasteiger partial charge in [0.15, 0.2) is 5.96 Å². The molecule has 2 N–H and O–H groups in total. The maximum absolute atomic E-state index is 13.9. The molecule has 3 rings (SSSR count). The topological polar surface area (TPSA) is 48.9 Å². The lowest BCUT2D eigenvalue weighted by Gasteiger charge is -2.33. The SMILES string of the molecule is CN=C(NC1CCN(CCCOC)CC1)NC1CC1c1c(F)cccc1F.I. The van der Waals surface area contributed by atoms with Crippen LogP contribution in [0.1, 0.15) is 37.2 Å². The first-order valence-corrected chi connectivity index (χ1v) is 9.77. The molecule has 1 aromatic carbocycles. The van der Waals surface area contributed by atoms with Crippen LogP contribution in [-0.4, -0.2) is 63.3 Å². The van der Waals surface area contributed by atoms with Gasteiger partial charge in [-0.3, -0.25) is 4.99 Å². The van der Waals surface area contributed by atoms with E-state index in [0.717, 1.165) is 57.9 Å². The molecule has 0 amide bonds. The third-order valence-corrected chi connectivity index (χ3v) is 5.46. The second-order valence-electron chi connectivity index (χ2n) is 7.41. The van der Waals surface area contributed by atoms with E-state index in [-0.39, 0.29) is 41.5 Å². The first-order chi connectivity index (χ1) is 13.1. The van der Waals surface area contributed by atoms with E-state index in [9.17, 15) is 8.78 Å². The number of guanidine groups is 1. The van der Waals surface area contributed by atoms with Crippen molar-refractivity contribution in [2.75, 3.05) is 40.4 Å². The van der Waals surface area contributed by atoms with Gasteiger partial charge in [-0.2, -0.15) is 0 Å². The summed E-state index contributed by atoms with van der Waals surface area (Å²) in [6, 6.07) is 4.44. The lowest BCUT2D eigenvalue weighted by molar-refractivity contribution is 0.155. The van der Waals surface area contributed by atoms with Crippen molar-refractivity contribution in [3.05, 3.63) is 35.4 Å². The molecule has 1 aliphatic carbocycles. The van der Waals surface area contributed by atoms with Crippen LogP contribution in [0.25, 0.3) is 0 Å². The Kier molecular flexibility index (Phi) is 9.36. The fourth-order valence-electron chi connectivity index (χ4n) is 3.81. The molecule has 28 heavy (non-hydrogen) atoms. The van der Waals surface area contributed by atoms with Crippen LogP contribution in [0.15, 0.2) is 23.2 Å². The van der Waals surface area contributed by atoms with Crippen LogP contribution in [0.2, 0.25) is 0 Å². The van der Waals surface area contributed by atoms with Crippen molar-refractivity contribution in [3.8, 4) is 0 Å². The average molecular weight is 508 g/mol. The van der Waals surface area contributed by atoms with Crippen molar-refractivity contribution in [2.45, 2.75) is 43.7 Å². The van der Waals surface area contributed by atoms with Crippen molar-refractivity contribution in [1.82, 2.24) is 15.5 Å². The van der Waals surface area contributed by atoms with Crippen LogP contribution in [0.4, 0.5) is 8.78 Å². The second kappa shape index (κ2) is 11.3. The second-order valence-corrected chi connectivity index (χ2v) is 7.41. The summed E-state index contributed by atoms with van der Waals surface area (Å²) >= 11 is 0. The van der Waals surface area contributed by atoms with Gasteiger partial charge in [-0.05, 0) is 37.8 Å². The molecule has 8 heteroatoms. The molecule has 2 unspecified atom stereocenters. The van der Waals surface area contributed by atoms with Gasteiger partial charge in [-0.15, -0.1) is 24.0 Å². The monoisotopic (exact) mass is 508 g/mol. The quantitative estimate of drug-likeness (QED) is 0.257. The molecular formula is C20H31F2IN4O. The van der Waals surface area contributed by atoms with Crippen LogP contribution < -0.4 is 10.6 Å². The Morgan fingerprint density at radius 1 is 1.21 bits per heavy atom. The van der Waals surface area contributed by atoms with Crippen molar-refractivity contribution in [3.63, 3.8) is 0 Å². The van der Waals surface area contributed by atoms with Crippen molar-refractivity contribution in [2.24, 2.45) is 4.99 Å². The summed E-state index contributed by atoms with van der Waals surface area (Å²) in [5.41, 5.74) is 0.190. The van der Waals surface area contributed by atoms with Gasteiger partial charge in [0.2, 0.25) is 0 Å². The largest absolute Gasteiger partial charge is 0.385 e. The van der Waals surface area contributed by atoms with E-state index in [4.69, 9.17) is 4.74 Å². The lowest BCUT2D eigenvalue weighted by Crippen LogP contribution is -2.49. The number of rotatable bonds is 7. The Balaban J connectivity index is 0.00000280. The number of nitrogens with one attached hydrogen (secondary N) is 2. The molecule has 158 valence electrons. The maximum Gasteiger partial charge on any atom is 0.191 e. The Morgan fingerprint density at radius 2 is 1.89 bits per heavy atom. The fraction of sp³-hybridized carbons (Fsp3) is 0.650. The number of nitrogens with zero attached hydrogens (tertiary/aromatic N) is 2. The smallest absolute Gasteiger partial charge is 0.191 e. The highest BCUT2D eigenvalue weighted by molar-refractivity contribution is 14.0. The highest BCUT2D eigenvalue weighted by Gasteiger charge is 2.42. The molecule has 1 aromatic rings. The zero-order chi connectivity index (χ0) is 19.2. The third-order valence-electron chi connectivity index (χ3n) is 5.46. The van der Waals surface area contributed by atoms with E-state index in [2.05, 4.69) is 20.5 Å². The molecule has 2 fully saturated rings. The summed E-state index contributed by atoms with van der Waals surface area (Å²) < 4.78 is 33.0. The van der Waals surface area contributed by atoms with Crippen LogP contribution in [0.5, 0.6) is 0 Å². The van der Waals surface area contributed by atoms with Gasteiger partial charge < -0.3 is 20.3 Å². The van der Waals surface area contributed by atoms with Crippen LogP contribution >= 0.6 is 24.0 Å². The standard InChI is InChI=1S/C20H30F2N4O.HI/c1-23-20(24-14-7-10-26(11-8-14)9-4-12-27-2)25-18-13-15(18)19-16(21)5-3-6-17(19)22;/h3,5-6,14-15,18H,4,7-13H2,1-2H3,(H2,23,24,25);1H. The predicted octanol–water partition coefficient (Wildman–Crippen LogP) is 3.10. The summed E-state index contributed by atoms with van der Waals surface area (Å²) in [7, 11) is 3.47. The van der Waals surface area contributed by atoms with E-state index < -0.39 is 11.6 Å². The minimum Gasteiger partial charge on any atom is -0.385 e. The first kappa shape index (κ1) is 23.3. The number of methoxy groups -OCH3 is 1. The lowest BCUT2D eigenvalue weighted by atomic mass is 10.1. The Bertz CT molecular complexity index is 633. The Labute approximate surface area is 183 Å². The average Bonchev–Trinajstić information content (AvgIpc) is 3.41. The number of aliphatic imine (C=N–C) groups is 1. The number of hydrogen-bond donors (Lipinski definition) is 2. The summed E-state index contributed by atoms with van der Waals surface area (Å²) in [6.45, 7) is 4.00. The zero-order valence-electron chi connectivity index (χ0n) is 16.6. The number of hydrogen-bond acceptors (Lipinski definition) is 3. The highest BCUT2D eigenvalue weighted by Crippen LogP contribution is 2.43. The van der Waals surface area contributed by atoms with Gasteiger partial charge in [-0.1, -0.05) is 6.07 Å². The van der Waals surface area contributed by atoms with E-state index in [1.807, 2.05) is 0 Å². The molecule has 0 radical (unpaired) electrons. The summed E-state index contributed by atoms with van der Waals surface area (Å²) in [5.74, 6) is -0.342. The van der Waals surface area contributed by atoms with Gasteiger partial charge >= 0.3 is 0 Å². The van der Waals surface area contributed by atoms with E-state index in [1.165, 1.54) is 18.2 Å². The summed E-state index contributed by atoms with van der Waals surface area (Å²) in [4.78, 5) is 6.76. The number of halogens is 3. The number of likely N-dealkylation sites (tertiary alicyclic amines) is 1. The molecule has 2 atom stereocenters. The zero-order valence-corrected chi connectivity index (χ0v) is 18.9. The van der Waals surface area contributed by atoms with Crippen molar-refractivity contribution >= 4 is 29.9 Å².